The molecule has 0 unspecified atom stereocenters. The fourth-order valence-electron chi connectivity index (χ4n) is 0.994. The van der Waals surface area contributed by atoms with Crippen LogP contribution in [0.15, 0.2) is 22.4 Å². The third kappa shape index (κ3) is 1.44. The molecule has 1 heterocycles. The highest BCUT2D eigenvalue weighted by molar-refractivity contribution is 5.66. The summed E-state index contributed by atoms with van der Waals surface area (Å²) >= 11 is 0. The van der Waals surface area contributed by atoms with Gasteiger partial charge in [0.05, 0.1) is 0 Å². The van der Waals surface area contributed by atoms with Gasteiger partial charge in [0.2, 0.25) is 0 Å². The largest absolute Gasteiger partial charge is 0.347 e. The zero-order valence-electron chi connectivity index (χ0n) is 7.49. The van der Waals surface area contributed by atoms with Crippen LogP contribution in [0.4, 0.5) is 11.4 Å². The summed E-state index contributed by atoms with van der Waals surface area (Å²) in [5, 5.41) is 0. The van der Waals surface area contributed by atoms with Gasteiger partial charge in [-0.3, -0.25) is 9.98 Å². The minimum atomic E-state index is 0.418. The summed E-state index contributed by atoms with van der Waals surface area (Å²) < 4.78 is 2.04. The summed E-state index contributed by atoms with van der Waals surface area (Å²) in [6.45, 7) is 11.1. The van der Waals surface area contributed by atoms with Crippen molar-refractivity contribution in [3.8, 4) is 0 Å². The van der Waals surface area contributed by atoms with Gasteiger partial charge in [0, 0.05) is 18.4 Å². The molecule has 0 spiro atoms. The standard InChI is InChI=1S/C9H13N3/c1-7(2)12-5-8(10-3)9(6-12)11-4/h5-7H,3-4H2,1-2H3. The second kappa shape index (κ2) is 3.34. The van der Waals surface area contributed by atoms with Crippen molar-refractivity contribution < 1.29 is 0 Å². The molecule has 1 aromatic rings. The summed E-state index contributed by atoms with van der Waals surface area (Å²) in [6, 6.07) is 0.418. The Morgan fingerprint density at radius 2 is 1.58 bits per heavy atom. The fourth-order valence-corrected chi connectivity index (χ4v) is 0.994. The van der Waals surface area contributed by atoms with Crippen LogP contribution in [0, 0.1) is 0 Å². The molecule has 0 saturated carbocycles. The van der Waals surface area contributed by atoms with Crippen molar-refractivity contribution >= 4 is 24.8 Å². The summed E-state index contributed by atoms with van der Waals surface area (Å²) in [4.78, 5) is 7.68. The fraction of sp³-hybridized carbons (Fsp3) is 0.333. The van der Waals surface area contributed by atoms with Gasteiger partial charge < -0.3 is 4.57 Å². The van der Waals surface area contributed by atoms with Crippen LogP contribution < -0.4 is 0 Å². The highest BCUT2D eigenvalue weighted by Gasteiger charge is 2.04. The molecule has 0 aromatic carbocycles. The van der Waals surface area contributed by atoms with Crippen molar-refractivity contribution in [3.05, 3.63) is 12.4 Å². The van der Waals surface area contributed by atoms with Crippen LogP contribution in [0.2, 0.25) is 0 Å². The second-order valence-electron chi connectivity index (χ2n) is 2.89. The van der Waals surface area contributed by atoms with E-state index in [0.717, 1.165) is 11.4 Å². The van der Waals surface area contributed by atoms with Crippen molar-refractivity contribution in [2.75, 3.05) is 0 Å². The van der Waals surface area contributed by atoms with E-state index in [9.17, 15) is 0 Å². The lowest BCUT2D eigenvalue weighted by Gasteiger charge is -2.04. The number of rotatable bonds is 3. The van der Waals surface area contributed by atoms with Crippen LogP contribution in [0.3, 0.4) is 0 Å². The zero-order chi connectivity index (χ0) is 9.14. The van der Waals surface area contributed by atoms with E-state index in [1.807, 2.05) is 17.0 Å². The Morgan fingerprint density at radius 3 is 1.83 bits per heavy atom. The van der Waals surface area contributed by atoms with Crippen molar-refractivity contribution in [2.24, 2.45) is 9.98 Å². The molecule has 0 N–H and O–H groups in total. The normalized spacial score (nSPS) is 10.2. The summed E-state index contributed by atoms with van der Waals surface area (Å²) in [7, 11) is 0. The van der Waals surface area contributed by atoms with E-state index >= 15 is 0 Å². The molecule has 0 fully saturated rings. The first-order valence-electron chi connectivity index (χ1n) is 3.84. The first kappa shape index (κ1) is 8.71. The van der Waals surface area contributed by atoms with Gasteiger partial charge in [0.25, 0.3) is 0 Å². The average molecular weight is 163 g/mol. The minimum absolute atomic E-state index is 0.418. The molecular weight excluding hydrogens is 150 g/mol. The minimum Gasteiger partial charge on any atom is -0.347 e. The van der Waals surface area contributed by atoms with E-state index in [1.54, 1.807) is 0 Å². The van der Waals surface area contributed by atoms with E-state index in [0.29, 0.717) is 6.04 Å². The van der Waals surface area contributed by atoms with E-state index < -0.39 is 0 Å². The summed E-state index contributed by atoms with van der Waals surface area (Å²) in [5.41, 5.74) is 1.58. The van der Waals surface area contributed by atoms with E-state index in [1.165, 1.54) is 0 Å². The quantitative estimate of drug-likeness (QED) is 0.613. The average Bonchev–Trinajstić information content (AvgIpc) is 2.46. The molecule has 1 aromatic heterocycles. The molecule has 0 aliphatic rings. The van der Waals surface area contributed by atoms with Crippen molar-refractivity contribution in [1.82, 2.24) is 4.57 Å². The Hall–Kier alpha value is -1.38. The lowest BCUT2D eigenvalue weighted by Crippen LogP contribution is -1.94. The van der Waals surface area contributed by atoms with Crippen LogP contribution in [-0.4, -0.2) is 18.0 Å². The molecule has 3 heteroatoms. The molecule has 0 aliphatic heterocycles. The second-order valence-corrected chi connectivity index (χ2v) is 2.89. The van der Waals surface area contributed by atoms with Gasteiger partial charge in [-0.25, -0.2) is 0 Å². The molecule has 0 atom stereocenters. The van der Waals surface area contributed by atoms with Crippen LogP contribution >= 0.6 is 0 Å². The number of aliphatic imine (C=N–C) groups is 2. The highest BCUT2D eigenvalue weighted by atomic mass is 15.0. The highest BCUT2D eigenvalue weighted by Crippen LogP contribution is 2.29. The maximum atomic E-state index is 3.84. The van der Waals surface area contributed by atoms with Gasteiger partial charge >= 0.3 is 0 Å². The van der Waals surface area contributed by atoms with Gasteiger partial charge in [-0.1, -0.05) is 0 Å². The molecule has 0 amide bonds. The lowest BCUT2D eigenvalue weighted by atomic mass is 10.4. The number of nitrogens with zero attached hydrogens (tertiary/aromatic N) is 3. The lowest BCUT2D eigenvalue weighted by molar-refractivity contribution is 0.604. The smallest absolute Gasteiger partial charge is 0.105 e. The van der Waals surface area contributed by atoms with E-state index in [4.69, 9.17) is 0 Å². The molecule has 0 saturated heterocycles. The van der Waals surface area contributed by atoms with Gasteiger partial charge in [-0.2, -0.15) is 0 Å². The van der Waals surface area contributed by atoms with Crippen molar-refractivity contribution in [1.29, 1.82) is 0 Å². The molecule has 0 radical (unpaired) electrons. The molecule has 1 rings (SSSR count). The summed E-state index contributed by atoms with van der Waals surface area (Å²) in [6.07, 6.45) is 3.84. The first-order valence-corrected chi connectivity index (χ1v) is 3.84. The molecule has 0 bridgehead atoms. The predicted molar refractivity (Wildman–Crippen MR) is 53.2 cm³/mol. The predicted octanol–water partition coefficient (Wildman–Crippen LogP) is 2.73. The number of hydrogen-bond donors (Lipinski definition) is 0. The third-order valence-corrected chi connectivity index (χ3v) is 1.74. The monoisotopic (exact) mass is 163 g/mol. The van der Waals surface area contributed by atoms with E-state index in [2.05, 4.69) is 37.3 Å². The number of aromatic nitrogens is 1. The Morgan fingerprint density at radius 1 is 1.17 bits per heavy atom. The Kier molecular flexibility index (Phi) is 2.43. The van der Waals surface area contributed by atoms with Crippen LogP contribution in [0.1, 0.15) is 19.9 Å². The van der Waals surface area contributed by atoms with Gasteiger partial charge in [0.1, 0.15) is 11.4 Å². The van der Waals surface area contributed by atoms with Gasteiger partial charge in [0.15, 0.2) is 0 Å². The Balaban J connectivity index is 3.13. The van der Waals surface area contributed by atoms with Crippen molar-refractivity contribution in [2.45, 2.75) is 19.9 Å². The summed E-state index contributed by atoms with van der Waals surface area (Å²) in [5.74, 6) is 0. The Labute approximate surface area is 72.5 Å². The zero-order valence-corrected chi connectivity index (χ0v) is 7.49. The molecule has 0 aliphatic carbocycles. The van der Waals surface area contributed by atoms with Crippen LogP contribution in [0.5, 0.6) is 0 Å². The topological polar surface area (TPSA) is 29.6 Å². The maximum absolute atomic E-state index is 3.84. The SMILES string of the molecule is C=Nc1cn(C(C)C)cc1N=C. The van der Waals surface area contributed by atoms with Crippen LogP contribution in [0.25, 0.3) is 0 Å². The van der Waals surface area contributed by atoms with Gasteiger partial charge in [-0.15, -0.1) is 0 Å². The molecule has 64 valence electrons. The molecule has 3 nitrogen and oxygen atoms in total. The maximum Gasteiger partial charge on any atom is 0.105 e. The number of hydrogen-bond acceptors (Lipinski definition) is 2. The van der Waals surface area contributed by atoms with Crippen LogP contribution in [-0.2, 0) is 0 Å². The van der Waals surface area contributed by atoms with E-state index in [-0.39, 0.29) is 0 Å². The molecule has 12 heavy (non-hydrogen) atoms. The third-order valence-electron chi connectivity index (χ3n) is 1.74. The first-order chi connectivity index (χ1) is 5.69. The van der Waals surface area contributed by atoms with Crippen molar-refractivity contribution in [3.63, 3.8) is 0 Å². The molecular formula is C9H13N3. The van der Waals surface area contributed by atoms with Gasteiger partial charge in [-0.05, 0) is 27.3 Å². The Bertz CT molecular complexity index is 271.